The Morgan fingerprint density at radius 2 is 1.95 bits per heavy atom. The number of rotatable bonds is 6. The number of halogens is 2. The molecule has 2 aromatic rings. The van der Waals surface area contributed by atoms with Crippen molar-refractivity contribution in [3.63, 3.8) is 0 Å². The Morgan fingerprint density at radius 1 is 1.19 bits per heavy atom. The lowest BCUT2D eigenvalue weighted by Gasteiger charge is -2.23. The molecule has 4 heteroatoms. The molecule has 0 aliphatic heterocycles. The van der Waals surface area contributed by atoms with Crippen LogP contribution in [0, 0.1) is 0 Å². The highest BCUT2D eigenvalue weighted by Crippen LogP contribution is 2.28. The van der Waals surface area contributed by atoms with Gasteiger partial charge in [0.2, 0.25) is 0 Å². The summed E-state index contributed by atoms with van der Waals surface area (Å²) in [4.78, 5) is 2.24. The molecule has 0 atom stereocenters. The van der Waals surface area contributed by atoms with Crippen LogP contribution in [0.5, 0.6) is 0 Å². The lowest BCUT2D eigenvalue weighted by molar-refractivity contribution is 0.723. The molecule has 0 spiro atoms. The third kappa shape index (κ3) is 4.47. The van der Waals surface area contributed by atoms with E-state index in [0.29, 0.717) is 0 Å². The highest BCUT2D eigenvalue weighted by Gasteiger charge is 2.11. The molecule has 0 fully saturated rings. The summed E-state index contributed by atoms with van der Waals surface area (Å²) in [6, 6.07) is 14.5. The van der Waals surface area contributed by atoms with Gasteiger partial charge in [0.25, 0.3) is 0 Å². The van der Waals surface area contributed by atoms with Crippen molar-refractivity contribution in [2.24, 2.45) is 0 Å². The maximum absolute atomic E-state index is 6.36. The fourth-order valence-electron chi connectivity index (χ4n) is 2.32. The molecule has 0 bridgehead atoms. The van der Waals surface area contributed by atoms with Crippen molar-refractivity contribution in [3.05, 3.63) is 63.1 Å². The van der Waals surface area contributed by atoms with E-state index in [0.717, 1.165) is 34.7 Å². The van der Waals surface area contributed by atoms with E-state index in [-0.39, 0.29) is 0 Å². The first-order valence-electron chi connectivity index (χ1n) is 7.05. The smallest absolute Gasteiger partial charge is 0.0471 e. The van der Waals surface area contributed by atoms with Gasteiger partial charge in [0.05, 0.1) is 0 Å². The standard InChI is InChI=1S/C17H20BrClN2/c1-3-20-11-15-16(19)8-5-9-17(15)21(2)12-13-6-4-7-14(18)10-13/h4-10,20H,3,11-12H2,1-2H3. The topological polar surface area (TPSA) is 15.3 Å². The molecule has 2 nitrogen and oxygen atoms in total. The van der Waals surface area contributed by atoms with Crippen LogP contribution in [-0.2, 0) is 13.1 Å². The summed E-state index contributed by atoms with van der Waals surface area (Å²) in [6.07, 6.45) is 0. The van der Waals surface area contributed by atoms with Crippen molar-refractivity contribution in [1.82, 2.24) is 5.32 Å². The second-order valence-electron chi connectivity index (χ2n) is 5.00. The van der Waals surface area contributed by atoms with E-state index >= 15 is 0 Å². The number of benzene rings is 2. The van der Waals surface area contributed by atoms with Crippen molar-refractivity contribution in [2.75, 3.05) is 18.5 Å². The van der Waals surface area contributed by atoms with Gasteiger partial charge in [-0.3, -0.25) is 0 Å². The first-order valence-corrected chi connectivity index (χ1v) is 8.22. The molecule has 0 aromatic heterocycles. The first-order chi connectivity index (χ1) is 10.1. The number of hydrogen-bond acceptors (Lipinski definition) is 2. The Bertz CT molecular complexity index is 601. The van der Waals surface area contributed by atoms with Gasteiger partial charge in [-0.15, -0.1) is 0 Å². The van der Waals surface area contributed by atoms with Crippen LogP contribution < -0.4 is 10.2 Å². The fraction of sp³-hybridized carbons (Fsp3) is 0.294. The average Bonchev–Trinajstić information content (AvgIpc) is 2.45. The van der Waals surface area contributed by atoms with E-state index in [4.69, 9.17) is 11.6 Å². The number of hydrogen-bond donors (Lipinski definition) is 1. The number of anilines is 1. The lowest BCUT2D eigenvalue weighted by Crippen LogP contribution is -2.21. The third-order valence-corrected chi connectivity index (χ3v) is 4.21. The van der Waals surface area contributed by atoms with Gasteiger partial charge in [-0.1, -0.05) is 52.7 Å². The van der Waals surface area contributed by atoms with Gasteiger partial charge in [-0.05, 0) is 36.4 Å². The van der Waals surface area contributed by atoms with Crippen LogP contribution in [0.2, 0.25) is 5.02 Å². The van der Waals surface area contributed by atoms with E-state index in [1.807, 2.05) is 18.2 Å². The minimum Gasteiger partial charge on any atom is -0.370 e. The van der Waals surface area contributed by atoms with Gasteiger partial charge < -0.3 is 10.2 Å². The van der Waals surface area contributed by atoms with E-state index in [1.165, 1.54) is 11.3 Å². The number of nitrogens with zero attached hydrogens (tertiary/aromatic N) is 1. The minimum absolute atomic E-state index is 0.786. The largest absolute Gasteiger partial charge is 0.370 e. The SMILES string of the molecule is CCNCc1c(Cl)cccc1N(C)Cc1cccc(Br)c1. The van der Waals surface area contributed by atoms with Gasteiger partial charge >= 0.3 is 0 Å². The van der Waals surface area contributed by atoms with E-state index in [2.05, 4.69) is 64.4 Å². The van der Waals surface area contributed by atoms with Gasteiger partial charge in [0.1, 0.15) is 0 Å². The van der Waals surface area contributed by atoms with Crippen LogP contribution >= 0.6 is 27.5 Å². The Labute approximate surface area is 140 Å². The predicted octanol–water partition coefficient (Wildman–Crippen LogP) is 4.85. The molecule has 112 valence electrons. The second-order valence-corrected chi connectivity index (χ2v) is 6.33. The first kappa shape index (κ1) is 16.3. The summed E-state index contributed by atoms with van der Waals surface area (Å²) < 4.78 is 1.10. The molecule has 0 unspecified atom stereocenters. The molecule has 0 radical (unpaired) electrons. The van der Waals surface area contributed by atoms with Crippen molar-refractivity contribution in [1.29, 1.82) is 0 Å². The summed E-state index contributed by atoms with van der Waals surface area (Å²) >= 11 is 9.88. The Kier molecular flexibility index (Phi) is 6.09. The van der Waals surface area contributed by atoms with E-state index in [1.54, 1.807) is 0 Å². The molecule has 0 saturated carbocycles. The van der Waals surface area contributed by atoms with Crippen LogP contribution in [-0.4, -0.2) is 13.6 Å². The molecule has 1 N–H and O–H groups in total. The summed E-state index contributed by atoms with van der Waals surface area (Å²) in [5.74, 6) is 0. The van der Waals surface area contributed by atoms with Crippen molar-refractivity contribution < 1.29 is 0 Å². The maximum Gasteiger partial charge on any atom is 0.0471 e. The van der Waals surface area contributed by atoms with Crippen LogP contribution in [0.25, 0.3) is 0 Å². The highest BCUT2D eigenvalue weighted by atomic mass is 79.9. The Balaban J connectivity index is 2.22. The van der Waals surface area contributed by atoms with Crippen LogP contribution in [0.15, 0.2) is 46.9 Å². The van der Waals surface area contributed by atoms with Gasteiger partial charge in [0.15, 0.2) is 0 Å². The Morgan fingerprint density at radius 3 is 2.67 bits per heavy atom. The van der Waals surface area contributed by atoms with Gasteiger partial charge in [-0.25, -0.2) is 0 Å². The minimum atomic E-state index is 0.786. The molecular formula is C17H20BrClN2. The normalized spacial score (nSPS) is 10.7. The van der Waals surface area contributed by atoms with Crippen molar-refractivity contribution >= 4 is 33.2 Å². The fourth-order valence-corrected chi connectivity index (χ4v) is 3.01. The Hall–Kier alpha value is -1.03. The molecule has 0 amide bonds. The summed E-state index contributed by atoms with van der Waals surface area (Å²) in [5.41, 5.74) is 3.59. The van der Waals surface area contributed by atoms with Crippen LogP contribution in [0.1, 0.15) is 18.1 Å². The quantitative estimate of drug-likeness (QED) is 0.785. The predicted molar refractivity (Wildman–Crippen MR) is 95.1 cm³/mol. The maximum atomic E-state index is 6.36. The van der Waals surface area contributed by atoms with Crippen molar-refractivity contribution in [2.45, 2.75) is 20.0 Å². The molecule has 2 rings (SSSR count). The summed E-state index contributed by atoms with van der Waals surface area (Å²) in [6.45, 7) is 4.66. The average molecular weight is 368 g/mol. The highest BCUT2D eigenvalue weighted by molar-refractivity contribution is 9.10. The van der Waals surface area contributed by atoms with E-state index < -0.39 is 0 Å². The van der Waals surface area contributed by atoms with Crippen LogP contribution in [0.3, 0.4) is 0 Å². The molecule has 2 aromatic carbocycles. The third-order valence-electron chi connectivity index (χ3n) is 3.37. The summed E-state index contributed by atoms with van der Waals surface area (Å²) in [5, 5.41) is 4.17. The molecule has 0 saturated heterocycles. The second kappa shape index (κ2) is 7.83. The molecule has 0 heterocycles. The monoisotopic (exact) mass is 366 g/mol. The lowest BCUT2D eigenvalue weighted by atomic mass is 10.1. The summed E-state index contributed by atoms with van der Waals surface area (Å²) in [7, 11) is 2.10. The van der Waals surface area contributed by atoms with E-state index in [9.17, 15) is 0 Å². The molecular weight excluding hydrogens is 348 g/mol. The van der Waals surface area contributed by atoms with Gasteiger partial charge in [0, 0.05) is 40.9 Å². The zero-order chi connectivity index (χ0) is 15.2. The number of nitrogens with one attached hydrogen (secondary N) is 1. The van der Waals surface area contributed by atoms with Crippen molar-refractivity contribution in [3.8, 4) is 0 Å². The van der Waals surface area contributed by atoms with Crippen LogP contribution in [0.4, 0.5) is 5.69 Å². The molecule has 0 aliphatic rings. The zero-order valence-corrected chi connectivity index (χ0v) is 14.7. The molecule has 0 aliphatic carbocycles. The zero-order valence-electron chi connectivity index (χ0n) is 12.4. The molecule has 21 heavy (non-hydrogen) atoms. The van der Waals surface area contributed by atoms with Gasteiger partial charge in [-0.2, -0.15) is 0 Å².